The molecular formula is C13H16FNO4S. The third kappa shape index (κ3) is 2.69. The quantitative estimate of drug-likeness (QED) is 0.866. The van der Waals surface area contributed by atoms with E-state index in [0.717, 1.165) is 6.07 Å². The van der Waals surface area contributed by atoms with Crippen LogP contribution in [-0.2, 0) is 14.8 Å². The number of benzene rings is 1. The van der Waals surface area contributed by atoms with Gasteiger partial charge in [-0.25, -0.2) is 12.8 Å². The lowest BCUT2D eigenvalue weighted by Crippen LogP contribution is -2.53. The fourth-order valence-corrected chi connectivity index (χ4v) is 3.70. The number of nitrogens with one attached hydrogen (secondary N) is 1. The number of aliphatic carboxylic acids is 1. The number of hydrogen-bond acceptors (Lipinski definition) is 3. The summed E-state index contributed by atoms with van der Waals surface area (Å²) in [6.07, 6.45) is 1.28. The maximum absolute atomic E-state index is 13.7. The van der Waals surface area contributed by atoms with E-state index in [2.05, 4.69) is 4.72 Å². The van der Waals surface area contributed by atoms with Gasteiger partial charge in [0, 0.05) is 0 Å². The van der Waals surface area contributed by atoms with Gasteiger partial charge in [0.05, 0.1) is 0 Å². The number of sulfonamides is 1. The molecule has 1 aliphatic carbocycles. The molecule has 0 radical (unpaired) electrons. The molecule has 1 atom stereocenters. The van der Waals surface area contributed by atoms with Crippen molar-refractivity contribution < 1.29 is 22.7 Å². The van der Waals surface area contributed by atoms with Gasteiger partial charge in [-0.3, -0.25) is 4.79 Å². The molecule has 1 saturated carbocycles. The van der Waals surface area contributed by atoms with Gasteiger partial charge in [0.1, 0.15) is 16.3 Å². The first-order chi connectivity index (χ1) is 9.17. The Bertz CT molecular complexity index is 654. The summed E-state index contributed by atoms with van der Waals surface area (Å²) >= 11 is 0. The number of carbonyl (C=O) groups is 1. The fourth-order valence-electron chi connectivity index (χ4n) is 2.11. The smallest absolute Gasteiger partial charge is 0.324 e. The number of rotatable bonds is 5. The fraction of sp³-hybridized carbons (Fsp3) is 0.462. The minimum Gasteiger partial charge on any atom is -0.480 e. The van der Waals surface area contributed by atoms with E-state index in [-0.39, 0.29) is 5.92 Å². The number of carboxylic acid groups (broad SMARTS) is 1. The van der Waals surface area contributed by atoms with Crippen LogP contribution in [0.15, 0.2) is 23.1 Å². The summed E-state index contributed by atoms with van der Waals surface area (Å²) in [5.41, 5.74) is -1.02. The Kier molecular flexibility index (Phi) is 3.60. The van der Waals surface area contributed by atoms with Crippen molar-refractivity contribution in [3.05, 3.63) is 29.6 Å². The zero-order chi connectivity index (χ0) is 15.1. The molecule has 1 fully saturated rings. The highest BCUT2D eigenvalue weighted by molar-refractivity contribution is 7.89. The Morgan fingerprint density at radius 2 is 2.05 bits per heavy atom. The Hall–Kier alpha value is -1.47. The van der Waals surface area contributed by atoms with Gasteiger partial charge in [0.15, 0.2) is 0 Å². The van der Waals surface area contributed by atoms with Crippen molar-refractivity contribution in [2.75, 3.05) is 0 Å². The molecule has 1 unspecified atom stereocenters. The first kappa shape index (κ1) is 14.9. The molecule has 0 heterocycles. The van der Waals surface area contributed by atoms with E-state index < -0.39 is 32.2 Å². The molecule has 0 aliphatic heterocycles. The monoisotopic (exact) mass is 301 g/mol. The van der Waals surface area contributed by atoms with Crippen molar-refractivity contribution in [2.24, 2.45) is 5.92 Å². The average molecular weight is 301 g/mol. The second kappa shape index (κ2) is 4.82. The van der Waals surface area contributed by atoms with Gasteiger partial charge in [0.25, 0.3) is 0 Å². The number of aryl methyl sites for hydroxylation is 1. The lowest BCUT2D eigenvalue weighted by atomic mass is 9.98. The van der Waals surface area contributed by atoms with Crippen LogP contribution in [-0.4, -0.2) is 25.0 Å². The molecule has 0 aromatic heterocycles. The highest BCUT2D eigenvalue weighted by Crippen LogP contribution is 2.40. The molecule has 110 valence electrons. The molecule has 1 aromatic carbocycles. The maximum Gasteiger partial charge on any atom is 0.324 e. The molecule has 0 amide bonds. The Balaban J connectivity index is 2.40. The first-order valence-electron chi connectivity index (χ1n) is 6.20. The van der Waals surface area contributed by atoms with Crippen LogP contribution in [0.2, 0.25) is 0 Å². The van der Waals surface area contributed by atoms with Crippen molar-refractivity contribution in [1.82, 2.24) is 4.72 Å². The standard InChI is InChI=1S/C13H16FNO4S/c1-8-3-6-10(14)11(7-8)20(18,19)15-13(2,12(16)17)9-4-5-9/h3,6-7,9,15H,4-5H2,1-2H3,(H,16,17). The van der Waals surface area contributed by atoms with Crippen LogP contribution >= 0.6 is 0 Å². The highest BCUT2D eigenvalue weighted by Gasteiger charge is 2.50. The van der Waals surface area contributed by atoms with Gasteiger partial charge >= 0.3 is 5.97 Å². The van der Waals surface area contributed by atoms with Crippen LogP contribution in [0.1, 0.15) is 25.3 Å². The summed E-state index contributed by atoms with van der Waals surface area (Å²) < 4.78 is 40.3. The van der Waals surface area contributed by atoms with Crippen molar-refractivity contribution in [1.29, 1.82) is 0 Å². The van der Waals surface area contributed by atoms with Crippen molar-refractivity contribution in [2.45, 2.75) is 37.1 Å². The van der Waals surface area contributed by atoms with Gasteiger partial charge in [-0.2, -0.15) is 4.72 Å². The van der Waals surface area contributed by atoms with Gasteiger partial charge < -0.3 is 5.11 Å². The molecule has 0 saturated heterocycles. The molecular weight excluding hydrogens is 285 g/mol. The van der Waals surface area contributed by atoms with Crippen LogP contribution < -0.4 is 4.72 Å². The predicted molar refractivity (Wildman–Crippen MR) is 70.2 cm³/mol. The van der Waals surface area contributed by atoms with E-state index in [9.17, 15) is 22.7 Å². The number of hydrogen-bond donors (Lipinski definition) is 2. The molecule has 1 aliphatic rings. The van der Waals surface area contributed by atoms with E-state index >= 15 is 0 Å². The SMILES string of the molecule is Cc1ccc(F)c(S(=O)(=O)NC(C)(C(=O)O)C2CC2)c1. The van der Waals surface area contributed by atoms with E-state index in [0.29, 0.717) is 18.4 Å². The van der Waals surface area contributed by atoms with Gasteiger partial charge in [-0.1, -0.05) is 6.07 Å². The van der Waals surface area contributed by atoms with Gasteiger partial charge in [-0.15, -0.1) is 0 Å². The summed E-state index contributed by atoms with van der Waals surface area (Å²) in [4.78, 5) is 10.8. The maximum atomic E-state index is 13.7. The summed E-state index contributed by atoms with van der Waals surface area (Å²) in [5, 5.41) is 9.26. The van der Waals surface area contributed by atoms with Gasteiger partial charge in [0.2, 0.25) is 10.0 Å². The topological polar surface area (TPSA) is 83.5 Å². The van der Waals surface area contributed by atoms with Gasteiger partial charge in [-0.05, 0) is 50.3 Å². The zero-order valence-corrected chi connectivity index (χ0v) is 12.0. The molecule has 1 aromatic rings. The Morgan fingerprint density at radius 1 is 1.45 bits per heavy atom. The van der Waals surface area contributed by atoms with Crippen LogP contribution in [0.4, 0.5) is 4.39 Å². The minimum atomic E-state index is -4.23. The summed E-state index contributed by atoms with van der Waals surface area (Å²) in [5.74, 6) is -2.41. The van der Waals surface area contributed by atoms with Crippen LogP contribution in [0, 0.1) is 18.7 Å². The summed E-state index contributed by atoms with van der Waals surface area (Å²) in [6.45, 7) is 2.95. The second-order valence-corrected chi connectivity index (χ2v) is 6.97. The van der Waals surface area contributed by atoms with E-state index in [1.54, 1.807) is 6.92 Å². The third-order valence-electron chi connectivity index (χ3n) is 3.56. The molecule has 20 heavy (non-hydrogen) atoms. The van der Waals surface area contributed by atoms with Crippen molar-refractivity contribution >= 4 is 16.0 Å². The second-order valence-electron chi connectivity index (χ2n) is 5.32. The zero-order valence-electron chi connectivity index (χ0n) is 11.2. The largest absolute Gasteiger partial charge is 0.480 e. The molecule has 0 bridgehead atoms. The molecule has 7 heteroatoms. The number of carboxylic acids is 1. The van der Waals surface area contributed by atoms with Crippen LogP contribution in [0.25, 0.3) is 0 Å². The predicted octanol–water partition coefficient (Wildman–Crippen LogP) is 1.67. The van der Waals surface area contributed by atoms with Crippen LogP contribution in [0.3, 0.4) is 0 Å². The van der Waals surface area contributed by atoms with E-state index in [1.165, 1.54) is 19.1 Å². The number of halogens is 1. The molecule has 5 nitrogen and oxygen atoms in total. The van der Waals surface area contributed by atoms with Crippen molar-refractivity contribution in [3.8, 4) is 0 Å². The Morgan fingerprint density at radius 3 is 2.55 bits per heavy atom. The first-order valence-corrected chi connectivity index (χ1v) is 7.68. The molecule has 0 spiro atoms. The summed E-state index contributed by atoms with van der Waals surface area (Å²) in [6, 6.07) is 3.69. The van der Waals surface area contributed by atoms with Crippen molar-refractivity contribution in [3.63, 3.8) is 0 Å². The highest BCUT2D eigenvalue weighted by atomic mass is 32.2. The average Bonchev–Trinajstić information content (AvgIpc) is 3.15. The molecule has 2 rings (SSSR count). The normalized spacial score (nSPS) is 18.6. The summed E-state index contributed by atoms with van der Waals surface area (Å²) in [7, 11) is -4.23. The van der Waals surface area contributed by atoms with Crippen LogP contribution in [0.5, 0.6) is 0 Å². The third-order valence-corrected chi connectivity index (χ3v) is 5.15. The lowest BCUT2D eigenvalue weighted by Gasteiger charge is -2.26. The van der Waals surface area contributed by atoms with E-state index in [4.69, 9.17) is 0 Å². The van der Waals surface area contributed by atoms with E-state index in [1.807, 2.05) is 0 Å². The lowest BCUT2D eigenvalue weighted by molar-refractivity contribution is -0.144. The Labute approximate surface area is 116 Å². The molecule has 2 N–H and O–H groups in total. The minimum absolute atomic E-state index is 0.261.